The SMILES string of the molecule is Cc1cccc2cc(C3c4nc[nH]c4CCN3c3nnc(C(C)(C)C)o3)nn12. The Bertz CT molecular complexity index is 1150. The predicted molar refractivity (Wildman–Crippen MR) is 104 cm³/mol. The van der Waals surface area contributed by atoms with E-state index in [9.17, 15) is 0 Å². The largest absolute Gasteiger partial charge is 0.407 e. The van der Waals surface area contributed by atoms with Gasteiger partial charge in [0.05, 0.1) is 23.2 Å². The summed E-state index contributed by atoms with van der Waals surface area (Å²) in [5.74, 6) is 0.625. The standard InChI is InChI=1S/C20H23N7O/c1-12-6-5-7-13-10-15(25-27(12)13)17-16-14(21-11-22-16)8-9-26(17)19-24-23-18(28-19)20(2,3)4/h5-7,10-11,17H,8-9H2,1-4H3,(H,21,22). The third-order valence-corrected chi connectivity index (χ3v) is 5.20. The first-order valence-corrected chi connectivity index (χ1v) is 9.50. The molecule has 0 spiro atoms. The summed E-state index contributed by atoms with van der Waals surface area (Å²) in [6.07, 6.45) is 2.59. The summed E-state index contributed by atoms with van der Waals surface area (Å²) in [5.41, 5.74) is 4.94. The number of nitrogens with zero attached hydrogens (tertiary/aromatic N) is 6. The number of nitrogens with one attached hydrogen (secondary N) is 1. The molecule has 0 aromatic carbocycles. The molecule has 8 heteroatoms. The number of hydrogen-bond acceptors (Lipinski definition) is 6. The van der Waals surface area contributed by atoms with Crippen molar-refractivity contribution in [2.24, 2.45) is 0 Å². The molecular formula is C20H23N7O. The zero-order chi connectivity index (χ0) is 19.5. The van der Waals surface area contributed by atoms with Gasteiger partial charge in [-0.15, -0.1) is 5.10 Å². The van der Waals surface area contributed by atoms with Crippen molar-refractivity contribution in [1.29, 1.82) is 0 Å². The summed E-state index contributed by atoms with van der Waals surface area (Å²) in [6.45, 7) is 8.99. The van der Waals surface area contributed by atoms with Crippen molar-refractivity contribution in [2.75, 3.05) is 11.4 Å². The predicted octanol–water partition coefficient (Wildman–Crippen LogP) is 3.20. The minimum absolute atomic E-state index is 0.178. The van der Waals surface area contributed by atoms with Crippen molar-refractivity contribution < 1.29 is 4.42 Å². The van der Waals surface area contributed by atoms with Gasteiger partial charge in [-0.05, 0) is 25.1 Å². The van der Waals surface area contributed by atoms with Gasteiger partial charge in [0.2, 0.25) is 5.89 Å². The third kappa shape index (κ3) is 2.59. The summed E-state index contributed by atoms with van der Waals surface area (Å²) < 4.78 is 8.02. The first-order chi connectivity index (χ1) is 13.4. The van der Waals surface area contributed by atoms with Crippen molar-refractivity contribution in [1.82, 2.24) is 29.8 Å². The van der Waals surface area contributed by atoms with Gasteiger partial charge in [0, 0.05) is 29.8 Å². The van der Waals surface area contributed by atoms with E-state index in [-0.39, 0.29) is 11.5 Å². The van der Waals surface area contributed by atoms with E-state index in [0.717, 1.165) is 41.3 Å². The van der Waals surface area contributed by atoms with Gasteiger partial charge in [0.15, 0.2) is 0 Å². The van der Waals surface area contributed by atoms with Gasteiger partial charge in [-0.1, -0.05) is 31.9 Å². The molecular weight excluding hydrogens is 354 g/mol. The lowest BCUT2D eigenvalue weighted by Gasteiger charge is -2.32. The average molecular weight is 377 g/mol. The Morgan fingerprint density at radius 3 is 2.82 bits per heavy atom. The fourth-order valence-corrected chi connectivity index (χ4v) is 3.72. The van der Waals surface area contributed by atoms with Crippen LogP contribution in [0.2, 0.25) is 0 Å². The van der Waals surface area contributed by atoms with Gasteiger partial charge in [0.1, 0.15) is 6.04 Å². The molecule has 1 atom stereocenters. The number of aryl methyl sites for hydroxylation is 1. The molecule has 0 radical (unpaired) electrons. The molecule has 8 nitrogen and oxygen atoms in total. The highest BCUT2D eigenvalue weighted by Gasteiger charge is 2.36. The van der Waals surface area contributed by atoms with Crippen LogP contribution in [0.15, 0.2) is 35.0 Å². The number of hydrogen-bond donors (Lipinski definition) is 1. The molecule has 144 valence electrons. The van der Waals surface area contributed by atoms with Crippen LogP contribution in [0.1, 0.15) is 55.5 Å². The Balaban J connectivity index is 1.64. The molecule has 5 heterocycles. The van der Waals surface area contributed by atoms with E-state index in [0.29, 0.717) is 11.9 Å². The topological polar surface area (TPSA) is 88.1 Å². The number of aromatic nitrogens is 6. The Morgan fingerprint density at radius 1 is 1.21 bits per heavy atom. The number of anilines is 1. The number of imidazole rings is 1. The van der Waals surface area contributed by atoms with E-state index in [1.165, 1.54) is 0 Å². The molecule has 28 heavy (non-hydrogen) atoms. The molecule has 1 aliphatic rings. The highest BCUT2D eigenvalue weighted by molar-refractivity contribution is 5.52. The zero-order valence-corrected chi connectivity index (χ0v) is 16.5. The highest BCUT2D eigenvalue weighted by atomic mass is 16.4. The normalized spacial score (nSPS) is 17.3. The van der Waals surface area contributed by atoms with E-state index < -0.39 is 0 Å². The lowest BCUT2D eigenvalue weighted by atomic mass is 9.97. The van der Waals surface area contributed by atoms with Crippen molar-refractivity contribution in [3.05, 3.63) is 59.3 Å². The Morgan fingerprint density at radius 2 is 2.07 bits per heavy atom. The van der Waals surface area contributed by atoms with E-state index >= 15 is 0 Å². The molecule has 0 fully saturated rings. The molecule has 1 unspecified atom stereocenters. The molecule has 1 aliphatic heterocycles. The van der Waals surface area contributed by atoms with Crippen molar-refractivity contribution in [2.45, 2.75) is 45.6 Å². The van der Waals surface area contributed by atoms with Crippen LogP contribution in [0.4, 0.5) is 6.01 Å². The molecule has 4 aromatic heterocycles. The van der Waals surface area contributed by atoms with E-state index in [4.69, 9.17) is 9.52 Å². The smallest absolute Gasteiger partial charge is 0.319 e. The molecule has 4 aromatic rings. The zero-order valence-electron chi connectivity index (χ0n) is 16.5. The van der Waals surface area contributed by atoms with Crippen LogP contribution in [0.5, 0.6) is 0 Å². The second-order valence-electron chi connectivity index (χ2n) is 8.33. The minimum atomic E-state index is -0.200. The van der Waals surface area contributed by atoms with E-state index in [2.05, 4.69) is 71.0 Å². The number of pyridine rings is 1. The molecule has 0 bridgehead atoms. The summed E-state index contributed by atoms with van der Waals surface area (Å²) in [5, 5.41) is 13.5. The third-order valence-electron chi connectivity index (χ3n) is 5.20. The fourth-order valence-electron chi connectivity index (χ4n) is 3.72. The summed E-state index contributed by atoms with van der Waals surface area (Å²) >= 11 is 0. The van der Waals surface area contributed by atoms with Gasteiger partial charge in [-0.25, -0.2) is 9.50 Å². The number of aromatic amines is 1. The van der Waals surface area contributed by atoms with Crippen LogP contribution in [0, 0.1) is 6.92 Å². The van der Waals surface area contributed by atoms with Crippen LogP contribution < -0.4 is 4.90 Å². The quantitative estimate of drug-likeness (QED) is 0.577. The van der Waals surface area contributed by atoms with Crippen LogP contribution >= 0.6 is 0 Å². The van der Waals surface area contributed by atoms with Gasteiger partial charge >= 0.3 is 6.01 Å². The Hall–Kier alpha value is -3.16. The summed E-state index contributed by atoms with van der Waals surface area (Å²) in [6, 6.07) is 8.60. The first kappa shape index (κ1) is 17.0. The number of H-pyrrole nitrogens is 1. The minimum Gasteiger partial charge on any atom is -0.407 e. The highest BCUT2D eigenvalue weighted by Crippen LogP contribution is 2.37. The van der Waals surface area contributed by atoms with Gasteiger partial charge in [0.25, 0.3) is 0 Å². The number of fused-ring (bicyclic) bond motifs is 2. The lowest BCUT2D eigenvalue weighted by Crippen LogP contribution is -2.37. The van der Waals surface area contributed by atoms with E-state index in [1.807, 2.05) is 10.6 Å². The van der Waals surface area contributed by atoms with Crippen LogP contribution in [-0.4, -0.2) is 36.3 Å². The first-order valence-electron chi connectivity index (χ1n) is 9.50. The van der Waals surface area contributed by atoms with Crippen molar-refractivity contribution in [3.63, 3.8) is 0 Å². The van der Waals surface area contributed by atoms with Crippen LogP contribution in [0.3, 0.4) is 0 Å². The second-order valence-corrected chi connectivity index (χ2v) is 8.33. The molecule has 0 aliphatic carbocycles. The Kier molecular flexibility index (Phi) is 3.59. The van der Waals surface area contributed by atoms with Crippen molar-refractivity contribution in [3.8, 4) is 0 Å². The Labute approximate surface area is 162 Å². The number of rotatable bonds is 2. The summed E-state index contributed by atoms with van der Waals surface area (Å²) in [7, 11) is 0. The maximum absolute atomic E-state index is 6.06. The van der Waals surface area contributed by atoms with Gasteiger partial charge in [-0.2, -0.15) is 5.10 Å². The van der Waals surface area contributed by atoms with E-state index in [1.54, 1.807) is 6.33 Å². The summed E-state index contributed by atoms with van der Waals surface area (Å²) in [4.78, 5) is 9.98. The van der Waals surface area contributed by atoms with Gasteiger partial charge in [-0.3, -0.25) is 0 Å². The van der Waals surface area contributed by atoms with Crippen molar-refractivity contribution >= 4 is 11.5 Å². The maximum Gasteiger partial charge on any atom is 0.319 e. The fraction of sp³-hybridized carbons (Fsp3) is 0.400. The van der Waals surface area contributed by atoms with Crippen LogP contribution in [0.25, 0.3) is 5.52 Å². The molecule has 0 saturated carbocycles. The van der Waals surface area contributed by atoms with Gasteiger partial charge < -0.3 is 14.3 Å². The monoisotopic (exact) mass is 377 g/mol. The average Bonchev–Trinajstić information content (AvgIpc) is 3.38. The maximum atomic E-state index is 6.06. The van der Waals surface area contributed by atoms with Crippen LogP contribution in [-0.2, 0) is 11.8 Å². The molecule has 1 N–H and O–H groups in total. The molecule has 5 rings (SSSR count). The lowest BCUT2D eigenvalue weighted by molar-refractivity contribution is 0.385. The second kappa shape index (κ2) is 5.92. The molecule has 0 amide bonds. The molecule has 0 saturated heterocycles.